The molecule has 0 bridgehead atoms. The van der Waals surface area contributed by atoms with Gasteiger partial charge in [-0.3, -0.25) is 9.69 Å². The molecule has 2 saturated heterocycles. The molecule has 1 unspecified atom stereocenters. The maximum atomic E-state index is 11.4. The second-order valence-corrected chi connectivity index (χ2v) is 5.64. The molecule has 3 heterocycles. The van der Waals surface area contributed by atoms with Crippen molar-refractivity contribution in [2.75, 3.05) is 36.8 Å². The lowest BCUT2D eigenvalue weighted by Gasteiger charge is -2.38. The van der Waals surface area contributed by atoms with Gasteiger partial charge in [0.1, 0.15) is 10.6 Å². The van der Waals surface area contributed by atoms with Crippen molar-refractivity contribution >= 4 is 28.3 Å². The van der Waals surface area contributed by atoms with E-state index >= 15 is 0 Å². The standard InChI is InChI=1S/C11H17N5OS/c12-9-8(10(13)17)11(18-14-9)16-5-4-15-3-1-2-7(15)6-16/h7H,1-6H2,(H2,12,14)(H2,13,17). The number of rotatable bonds is 2. The molecule has 0 saturated carbocycles. The number of anilines is 2. The van der Waals surface area contributed by atoms with Gasteiger partial charge in [0.15, 0.2) is 5.82 Å². The Morgan fingerprint density at radius 3 is 3.00 bits per heavy atom. The predicted molar refractivity (Wildman–Crippen MR) is 71.9 cm³/mol. The minimum atomic E-state index is -0.481. The van der Waals surface area contributed by atoms with E-state index in [0.29, 0.717) is 11.6 Å². The Labute approximate surface area is 110 Å². The Morgan fingerprint density at radius 1 is 1.39 bits per heavy atom. The Bertz CT molecular complexity index is 474. The average Bonchev–Trinajstić information content (AvgIpc) is 2.93. The highest BCUT2D eigenvalue weighted by molar-refractivity contribution is 7.11. The zero-order valence-electron chi connectivity index (χ0n) is 10.1. The van der Waals surface area contributed by atoms with E-state index in [9.17, 15) is 4.79 Å². The number of carbonyl (C=O) groups is 1. The van der Waals surface area contributed by atoms with Gasteiger partial charge in [-0.05, 0) is 30.9 Å². The van der Waals surface area contributed by atoms with Crippen LogP contribution in [0.3, 0.4) is 0 Å². The van der Waals surface area contributed by atoms with Gasteiger partial charge in [0.25, 0.3) is 5.91 Å². The Morgan fingerprint density at radius 2 is 2.22 bits per heavy atom. The molecule has 7 heteroatoms. The van der Waals surface area contributed by atoms with Crippen LogP contribution in [0, 0.1) is 0 Å². The zero-order valence-corrected chi connectivity index (χ0v) is 10.9. The molecule has 98 valence electrons. The number of fused-ring (bicyclic) bond motifs is 1. The number of piperazine rings is 1. The van der Waals surface area contributed by atoms with Crippen LogP contribution in [-0.2, 0) is 0 Å². The normalized spacial score (nSPS) is 24.2. The number of nitrogens with two attached hydrogens (primary N) is 2. The lowest BCUT2D eigenvalue weighted by molar-refractivity contribution is 0.100. The highest BCUT2D eigenvalue weighted by Gasteiger charge is 2.33. The smallest absolute Gasteiger partial charge is 0.255 e. The second kappa shape index (κ2) is 4.40. The molecular formula is C11H17N5OS. The molecule has 1 atom stereocenters. The maximum Gasteiger partial charge on any atom is 0.255 e. The van der Waals surface area contributed by atoms with Gasteiger partial charge in [-0.1, -0.05) is 0 Å². The van der Waals surface area contributed by atoms with Gasteiger partial charge >= 0.3 is 0 Å². The number of amides is 1. The molecule has 4 N–H and O–H groups in total. The van der Waals surface area contributed by atoms with Crippen molar-refractivity contribution in [3.05, 3.63) is 5.56 Å². The van der Waals surface area contributed by atoms with Gasteiger partial charge in [0, 0.05) is 25.7 Å². The highest BCUT2D eigenvalue weighted by Crippen LogP contribution is 2.33. The SMILES string of the molecule is NC(=O)c1c(N)nsc1N1CCN2CCCC2C1. The molecule has 1 aromatic rings. The van der Waals surface area contributed by atoms with Gasteiger partial charge in [-0.15, -0.1) is 0 Å². The summed E-state index contributed by atoms with van der Waals surface area (Å²) in [6.45, 7) is 4.10. The summed E-state index contributed by atoms with van der Waals surface area (Å²) >= 11 is 1.28. The fourth-order valence-electron chi connectivity index (χ4n) is 2.92. The van der Waals surface area contributed by atoms with Gasteiger partial charge in [0.05, 0.1) is 0 Å². The van der Waals surface area contributed by atoms with E-state index in [-0.39, 0.29) is 5.82 Å². The molecule has 1 amide bonds. The molecule has 0 spiro atoms. The summed E-state index contributed by atoms with van der Waals surface area (Å²) in [5.74, 6) is -0.221. The van der Waals surface area contributed by atoms with Crippen LogP contribution in [0.15, 0.2) is 0 Å². The summed E-state index contributed by atoms with van der Waals surface area (Å²) in [5, 5.41) is 0.839. The van der Waals surface area contributed by atoms with Crippen LogP contribution in [0.4, 0.5) is 10.8 Å². The van der Waals surface area contributed by atoms with E-state index in [1.165, 1.54) is 30.9 Å². The third-order valence-electron chi connectivity index (χ3n) is 3.82. The monoisotopic (exact) mass is 267 g/mol. The van der Waals surface area contributed by atoms with Crippen molar-refractivity contribution in [1.29, 1.82) is 0 Å². The van der Waals surface area contributed by atoms with E-state index < -0.39 is 5.91 Å². The van der Waals surface area contributed by atoms with Crippen molar-refractivity contribution in [2.24, 2.45) is 5.73 Å². The largest absolute Gasteiger partial charge is 0.382 e. The van der Waals surface area contributed by atoms with Crippen LogP contribution in [0.25, 0.3) is 0 Å². The molecule has 0 aliphatic carbocycles. The Balaban J connectivity index is 1.85. The fraction of sp³-hybridized carbons (Fsp3) is 0.636. The van der Waals surface area contributed by atoms with Crippen LogP contribution in [0.5, 0.6) is 0 Å². The summed E-state index contributed by atoms with van der Waals surface area (Å²) < 4.78 is 4.06. The minimum Gasteiger partial charge on any atom is -0.382 e. The van der Waals surface area contributed by atoms with E-state index in [1.54, 1.807) is 0 Å². The number of aromatic nitrogens is 1. The number of nitrogen functional groups attached to an aromatic ring is 1. The molecule has 6 nitrogen and oxygen atoms in total. The van der Waals surface area contributed by atoms with Crippen LogP contribution in [-0.4, -0.2) is 47.4 Å². The van der Waals surface area contributed by atoms with Crippen LogP contribution in [0.1, 0.15) is 23.2 Å². The molecule has 2 aliphatic rings. The number of nitrogens with zero attached hydrogens (tertiary/aromatic N) is 3. The summed E-state index contributed by atoms with van der Waals surface area (Å²) in [6.07, 6.45) is 2.50. The van der Waals surface area contributed by atoms with E-state index in [0.717, 1.165) is 24.6 Å². The van der Waals surface area contributed by atoms with E-state index in [1.807, 2.05) is 0 Å². The lowest BCUT2D eigenvalue weighted by atomic mass is 10.1. The number of hydrogen-bond donors (Lipinski definition) is 2. The van der Waals surface area contributed by atoms with Crippen molar-refractivity contribution in [3.8, 4) is 0 Å². The summed E-state index contributed by atoms with van der Waals surface area (Å²) in [6, 6.07) is 0.600. The summed E-state index contributed by atoms with van der Waals surface area (Å²) in [4.78, 5) is 16.2. The number of carbonyl (C=O) groups excluding carboxylic acids is 1. The van der Waals surface area contributed by atoms with Crippen LogP contribution in [0.2, 0.25) is 0 Å². The fourth-order valence-corrected chi connectivity index (χ4v) is 3.77. The Hall–Kier alpha value is -1.34. The van der Waals surface area contributed by atoms with E-state index in [2.05, 4.69) is 14.2 Å². The maximum absolute atomic E-state index is 11.4. The minimum absolute atomic E-state index is 0.261. The van der Waals surface area contributed by atoms with Gasteiger partial charge in [-0.2, -0.15) is 4.37 Å². The second-order valence-electron chi connectivity index (χ2n) is 4.89. The third kappa shape index (κ3) is 1.83. The van der Waals surface area contributed by atoms with Gasteiger partial charge < -0.3 is 16.4 Å². The molecule has 0 radical (unpaired) electrons. The first-order valence-corrected chi connectivity index (χ1v) is 6.98. The predicted octanol–water partition coefficient (Wildman–Crippen LogP) is 0.109. The quantitative estimate of drug-likeness (QED) is 0.794. The van der Waals surface area contributed by atoms with Gasteiger partial charge in [-0.25, -0.2) is 0 Å². The average molecular weight is 267 g/mol. The topological polar surface area (TPSA) is 88.5 Å². The molecule has 0 aromatic carbocycles. The number of hydrogen-bond acceptors (Lipinski definition) is 6. The van der Waals surface area contributed by atoms with Crippen molar-refractivity contribution < 1.29 is 4.79 Å². The third-order valence-corrected chi connectivity index (χ3v) is 4.74. The van der Waals surface area contributed by atoms with Crippen LogP contribution < -0.4 is 16.4 Å². The summed E-state index contributed by atoms with van der Waals surface area (Å²) in [5.41, 5.74) is 11.5. The van der Waals surface area contributed by atoms with Gasteiger partial charge in [0.2, 0.25) is 0 Å². The first kappa shape index (κ1) is 11.7. The number of primary amides is 1. The van der Waals surface area contributed by atoms with Crippen molar-refractivity contribution in [3.63, 3.8) is 0 Å². The molecule has 3 rings (SSSR count). The Kier molecular flexibility index (Phi) is 2.87. The molecule has 2 aliphatic heterocycles. The van der Waals surface area contributed by atoms with E-state index in [4.69, 9.17) is 11.5 Å². The lowest BCUT2D eigenvalue weighted by Crippen LogP contribution is -2.50. The first-order chi connectivity index (χ1) is 8.66. The molecule has 18 heavy (non-hydrogen) atoms. The molecule has 1 aromatic heterocycles. The summed E-state index contributed by atoms with van der Waals surface area (Å²) in [7, 11) is 0. The van der Waals surface area contributed by atoms with Crippen molar-refractivity contribution in [2.45, 2.75) is 18.9 Å². The van der Waals surface area contributed by atoms with Crippen LogP contribution >= 0.6 is 11.5 Å². The molecule has 2 fully saturated rings. The first-order valence-electron chi connectivity index (χ1n) is 6.20. The highest BCUT2D eigenvalue weighted by atomic mass is 32.1. The van der Waals surface area contributed by atoms with Crippen molar-refractivity contribution in [1.82, 2.24) is 9.27 Å². The molecular weight excluding hydrogens is 250 g/mol. The zero-order chi connectivity index (χ0) is 12.7.